The summed E-state index contributed by atoms with van der Waals surface area (Å²) >= 11 is 6.35. The standard InChI is InChI=1S/C29H34ClN3O5S/c1-5-17-31-29(35)22(3)32(19-23-11-9-12-24(18-23)38-4)28(34)20-33(27-16-10-15-26(30)21(27)2)39(36,37)25-13-7-6-8-14-25/h6-16,18,22H,5,17,19-20H2,1-4H3,(H,31,35). The normalized spacial score (nSPS) is 11.9. The van der Waals surface area contributed by atoms with Crippen molar-refractivity contribution in [2.45, 2.75) is 44.7 Å². The molecule has 0 aliphatic heterocycles. The number of carbonyl (C=O) groups excluding carboxylic acids is 2. The van der Waals surface area contributed by atoms with Gasteiger partial charge in [0.05, 0.1) is 17.7 Å². The molecule has 1 N–H and O–H groups in total. The third-order valence-electron chi connectivity index (χ3n) is 6.32. The van der Waals surface area contributed by atoms with Crippen molar-refractivity contribution in [1.82, 2.24) is 10.2 Å². The number of nitrogens with one attached hydrogen (secondary N) is 1. The van der Waals surface area contributed by atoms with Gasteiger partial charge in [-0.1, -0.05) is 54.9 Å². The zero-order valence-electron chi connectivity index (χ0n) is 22.6. The van der Waals surface area contributed by atoms with Crippen LogP contribution >= 0.6 is 11.6 Å². The molecular weight excluding hydrogens is 538 g/mol. The molecule has 0 aromatic heterocycles. The fourth-order valence-corrected chi connectivity index (χ4v) is 5.71. The summed E-state index contributed by atoms with van der Waals surface area (Å²) in [5, 5.41) is 3.20. The zero-order chi connectivity index (χ0) is 28.6. The molecular formula is C29H34ClN3O5S. The Morgan fingerprint density at radius 1 is 1.03 bits per heavy atom. The number of amides is 2. The van der Waals surface area contributed by atoms with Gasteiger partial charge in [0.25, 0.3) is 10.0 Å². The summed E-state index contributed by atoms with van der Waals surface area (Å²) in [5.74, 6) is -0.272. The van der Waals surface area contributed by atoms with Gasteiger partial charge in [-0.2, -0.15) is 0 Å². The number of rotatable bonds is 12. The van der Waals surface area contributed by atoms with Crippen molar-refractivity contribution >= 4 is 39.1 Å². The number of nitrogens with zero attached hydrogens (tertiary/aromatic N) is 2. The van der Waals surface area contributed by atoms with Crippen LogP contribution in [0.5, 0.6) is 5.75 Å². The number of carbonyl (C=O) groups is 2. The van der Waals surface area contributed by atoms with Crippen molar-refractivity contribution in [2.24, 2.45) is 0 Å². The number of anilines is 1. The van der Waals surface area contributed by atoms with Gasteiger partial charge in [-0.05, 0) is 67.8 Å². The van der Waals surface area contributed by atoms with E-state index in [1.165, 1.54) is 17.0 Å². The van der Waals surface area contributed by atoms with Crippen molar-refractivity contribution in [3.8, 4) is 5.75 Å². The third kappa shape index (κ3) is 7.30. The van der Waals surface area contributed by atoms with Gasteiger partial charge < -0.3 is 15.0 Å². The van der Waals surface area contributed by atoms with Gasteiger partial charge in [0, 0.05) is 18.1 Å². The fourth-order valence-electron chi connectivity index (χ4n) is 4.05. The first-order valence-corrected chi connectivity index (χ1v) is 14.4. The number of hydrogen-bond donors (Lipinski definition) is 1. The molecule has 3 aromatic rings. The molecule has 10 heteroatoms. The Kier molecular flexibility index (Phi) is 10.4. The Hall–Kier alpha value is -3.56. The Bertz CT molecular complexity index is 1400. The highest BCUT2D eigenvalue weighted by molar-refractivity contribution is 7.92. The van der Waals surface area contributed by atoms with E-state index in [0.29, 0.717) is 22.9 Å². The molecule has 3 aromatic carbocycles. The first-order valence-electron chi connectivity index (χ1n) is 12.6. The molecule has 1 atom stereocenters. The number of benzene rings is 3. The van der Waals surface area contributed by atoms with Gasteiger partial charge in [0.2, 0.25) is 11.8 Å². The molecule has 0 saturated carbocycles. The van der Waals surface area contributed by atoms with Gasteiger partial charge in [0.1, 0.15) is 18.3 Å². The molecule has 8 nitrogen and oxygen atoms in total. The van der Waals surface area contributed by atoms with Crippen LogP contribution in [0.3, 0.4) is 0 Å². The lowest BCUT2D eigenvalue weighted by atomic mass is 10.1. The van der Waals surface area contributed by atoms with Gasteiger partial charge >= 0.3 is 0 Å². The summed E-state index contributed by atoms with van der Waals surface area (Å²) in [5.41, 5.74) is 1.53. The van der Waals surface area contributed by atoms with Crippen molar-refractivity contribution in [3.63, 3.8) is 0 Å². The van der Waals surface area contributed by atoms with Crippen LogP contribution in [0.2, 0.25) is 5.02 Å². The molecule has 0 aliphatic rings. The van der Waals surface area contributed by atoms with E-state index in [1.54, 1.807) is 75.6 Å². The molecule has 1 unspecified atom stereocenters. The van der Waals surface area contributed by atoms with Crippen molar-refractivity contribution in [1.29, 1.82) is 0 Å². The fraction of sp³-hybridized carbons (Fsp3) is 0.310. The molecule has 0 heterocycles. The minimum Gasteiger partial charge on any atom is -0.497 e. The first kappa shape index (κ1) is 30.0. The lowest BCUT2D eigenvalue weighted by molar-refractivity contribution is -0.139. The monoisotopic (exact) mass is 571 g/mol. The molecule has 0 saturated heterocycles. The summed E-state index contributed by atoms with van der Waals surface area (Å²) in [4.78, 5) is 28.3. The molecule has 39 heavy (non-hydrogen) atoms. The maximum atomic E-state index is 14.0. The van der Waals surface area contributed by atoms with Crippen LogP contribution in [0.1, 0.15) is 31.4 Å². The van der Waals surface area contributed by atoms with E-state index in [1.807, 2.05) is 13.0 Å². The average molecular weight is 572 g/mol. The lowest BCUT2D eigenvalue weighted by Crippen LogP contribution is -2.51. The number of halogens is 1. The molecule has 0 fully saturated rings. The quantitative estimate of drug-likeness (QED) is 0.337. The van der Waals surface area contributed by atoms with E-state index < -0.39 is 28.5 Å². The van der Waals surface area contributed by atoms with Crippen molar-refractivity contribution < 1.29 is 22.7 Å². The largest absolute Gasteiger partial charge is 0.497 e. The zero-order valence-corrected chi connectivity index (χ0v) is 24.1. The molecule has 0 aliphatic carbocycles. The Labute approximate surface area is 235 Å². The second-order valence-electron chi connectivity index (χ2n) is 9.05. The van der Waals surface area contributed by atoms with E-state index in [4.69, 9.17) is 16.3 Å². The Morgan fingerprint density at radius 2 is 1.72 bits per heavy atom. The highest BCUT2D eigenvalue weighted by atomic mass is 35.5. The van der Waals surface area contributed by atoms with Crippen LogP contribution in [0.15, 0.2) is 77.7 Å². The maximum absolute atomic E-state index is 14.0. The molecule has 0 bridgehead atoms. The smallest absolute Gasteiger partial charge is 0.264 e. The molecule has 0 radical (unpaired) electrons. The van der Waals surface area contributed by atoms with Crippen LogP contribution in [0, 0.1) is 6.92 Å². The first-order chi connectivity index (χ1) is 18.6. The summed E-state index contributed by atoms with van der Waals surface area (Å²) in [7, 11) is -2.61. The predicted molar refractivity (Wildman–Crippen MR) is 153 cm³/mol. The average Bonchev–Trinajstić information content (AvgIpc) is 2.95. The van der Waals surface area contributed by atoms with E-state index in [0.717, 1.165) is 16.3 Å². The predicted octanol–water partition coefficient (Wildman–Crippen LogP) is 4.80. The van der Waals surface area contributed by atoms with Crippen molar-refractivity contribution in [3.05, 3.63) is 88.9 Å². The van der Waals surface area contributed by atoms with Gasteiger partial charge in [-0.25, -0.2) is 8.42 Å². The number of sulfonamides is 1. The van der Waals surface area contributed by atoms with Crippen LogP contribution in [-0.4, -0.2) is 51.4 Å². The summed E-state index contributed by atoms with van der Waals surface area (Å²) < 4.78 is 34.1. The number of ether oxygens (including phenoxy) is 1. The van der Waals surface area contributed by atoms with Crippen LogP contribution < -0.4 is 14.4 Å². The summed E-state index contributed by atoms with van der Waals surface area (Å²) in [6, 6.07) is 19.1. The SMILES string of the molecule is CCCNC(=O)C(C)N(Cc1cccc(OC)c1)C(=O)CN(c1cccc(Cl)c1C)S(=O)(=O)c1ccccc1. The summed E-state index contributed by atoms with van der Waals surface area (Å²) in [6.45, 7) is 5.26. The molecule has 208 valence electrons. The number of hydrogen-bond acceptors (Lipinski definition) is 5. The van der Waals surface area contributed by atoms with Crippen LogP contribution in [0.25, 0.3) is 0 Å². The molecule has 3 rings (SSSR count). The second-order valence-corrected chi connectivity index (χ2v) is 11.3. The molecule has 0 spiro atoms. The third-order valence-corrected chi connectivity index (χ3v) is 8.50. The topological polar surface area (TPSA) is 96.0 Å². The van der Waals surface area contributed by atoms with E-state index in [-0.39, 0.29) is 23.0 Å². The van der Waals surface area contributed by atoms with Crippen LogP contribution in [0.4, 0.5) is 5.69 Å². The van der Waals surface area contributed by atoms with E-state index in [2.05, 4.69) is 5.32 Å². The van der Waals surface area contributed by atoms with E-state index >= 15 is 0 Å². The van der Waals surface area contributed by atoms with Gasteiger partial charge in [-0.15, -0.1) is 0 Å². The minimum atomic E-state index is -4.16. The maximum Gasteiger partial charge on any atom is 0.264 e. The highest BCUT2D eigenvalue weighted by Crippen LogP contribution is 2.31. The van der Waals surface area contributed by atoms with Gasteiger partial charge in [-0.3, -0.25) is 13.9 Å². The van der Waals surface area contributed by atoms with E-state index in [9.17, 15) is 18.0 Å². The van der Waals surface area contributed by atoms with Crippen molar-refractivity contribution in [2.75, 3.05) is 24.5 Å². The van der Waals surface area contributed by atoms with Gasteiger partial charge in [0.15, 0.2) is 0 Å². The van der Waals surface area contributed by atoms with Crippen LogP contribution in [-0.2, 0) is 26.2 Å². The Balaban J connectivity index is 2.06. The second kappa shape index (κ2) is 13.5. The Morgan fingerprint density at radius 3 is 2.38 bits per heavy atom. The molecule has 2 amide bonds. The summed E-state index contributed by atoms with van der Waals surface area (Å²) in [6.07, 6.45) is 0.736. The minimum absolute atomic E-state index is 0.0326. The highest BCUT2D eigenvalue weighted by Gasteiger charge is 2.33. The number of methoxy groups -OCH3 is 1. The lowest BCUT2D eigenvalue weighted by Gasteiger charge is -2.32.